The maximum Gasteiger partial charge on any atom is 0.243 e. The third kappa shape index (κ3) is 8.84. The number of para-hydroxylation sites is 1. The van der Waals surface area contributed by atoms with Gasteiger partial charge < -0.3 is 15.0 Å². The van der Waals surface area contributed by atoms with Crippen molar-refractivity contribution in [2.45, 2.75) is 56.1 Å². The van der Waals surface area contributed by atoms with E-state index in [1.807, 2.05) is 54.6 Å². The second kappa shape index (κ2) is 15.8. The Bertz CT molecular complexity index is 1740. The molecule has 1 saturated heterocycles. The molecule has 1 heterocycles. The largest absolute Gasteiger partial charge is 0.496 e. The van der Waals surface area contributed by atoms with E-state index in [0.717, 1.165) is 29.5 Å². The smallest absolute Gasteiger partial charge is 0.243 e. The third-order valence-corrected chi connectivity index (χ3v) is 10.3. The molecule has 1 aliphatic rings. The van der Waals surface area contributed by atoms with Gasteiger partial charge in [-0.15, -0.1) is 0 Å². The standard InChI is InChI=1S/C37H40FN3O5S/c1-46-35-12-6-5-11-31(35)26-39-37(43)34(25-29-9-3-2-4-10-29)41(27-30-13-18-32(38)19-14-30)36(42)22-17-28-15-20-33(21-16-28)47(44,45)40-23-7-8-24-40/h2-6,9-16,18-21,34H,7-8,17,22-27H2,1H3,(H,39,43)/t34-/m0/s1. The van der Waals surface area contributed by atoms with Crippen LogP contribution in [0, 0.1) is 5.82 Å². The van der Waals surface area contributed by atoms with E-state index in [-0.39, 0.29) is 42.6 Å². The van der Waals surface area contributed by atoms with Gasteiger partial charge in [-0.05, 0) is 66.3 Å². The topological polar surface area (TPSA) is 96.0 Å². The Morgan fingerprint density at radius 1 is 0.851 bits per heavy atom. The summed E-state index contributed by atoms with van der Waals surface area (Å²) in [6.45, 7) is 1.36. The molecule has 4 aromatic carbocycles. The Morgan fingerprint density at radius 2 is 1.49 bits per heavy atom. The van der Waals surface area contributed by atoms with Gasteiger partial charge in [-0.2, -0.15) is 4.31 Å². The highest BCUT2D eigenvalue weighted by Crippen LogP contribution is 2.23. The van der Waals surface area contributed by atoms with Crippen LogP contribution in [-0.2, 0) is 45.5 Å². The minimum Gasteiger partial charge on any atom is -0.496 e. The van der Waals surface area contributed by atoms with Gasteiger partial charge in [-0.3, -0.25) is 9.59 Å². The summed E-state index contributed by atoms with van der Waals surface area (Å²) in [6, 6.07) is 28.6. The van der Waals surface area contributed by atoms with Gasteiger partial charge in [0.15, 0.2) is 0 Å². The Kier molecular flexibility index (Phi) is 11.4. The van der Waals surface area contributed by atoms with Gasteiger partial charge in [0.25, 0.3) is 0 Å². The van der Waals surface area contributed by atoms with Crippen LogP contribution >= 0.6 is 0 Å². The van der Waals surface area contributed by atoms with Gasteiger partial charge in [0.1, 0.15) is 17.6 Å². The monoisotopic (exact) mass is 657 g/mol. The zero-order valence-electron chi connectivity index (χ0n) is 26.5. The number of methoxy groups -OCH3 is 1. The molecule has 0 radical (unpaired) electrons. The molecule has 1 fully saturated rings. The van der Waals surface area contributed by atoms with Crippen LogP contribution < -0.4 is 10.1 Å². The maximum atomic E-state index is 14.0. The predicted molar refractivity (Wildman–Crippen MR) is 178 cm³/mol. The van der Waals surface area contributed by atoms with Crippen molar-refractivity contribution in [2.75, 3.05) is 20.2 Å². The van der Waals surface area contributed by atoms with Crippen LogP contribution in [-0.4, -0.2) is 55.7 Å². The lowest BCUT2D eigenvalue weighted by atomic mass is 10.0. The molecular formula is C37H40FN3O5S. The summed E-state index contributed by atoms with van der Waals surface area (Å²) in [6.07, 6.45) is 2.43. The predicted octanol–water partition coefficient (Wildman–Crippen LogP) is 5.51. The van der Waals surface area contributed by atoms with Crippen LogP contribution in [0.3, 0.4) is 0 Å². The molecule has 246 valence electrons. The van der Waals surface area contributed by atoms with E-state index in [0.29, 0.717) is 30.8 Å². The Morgan fingerprint density at radius 3 is 2.17 bits per heavy atom. The summed E-state index contributed by atoms with van der Waals surface area (Å²) in [5.41, 5.74) is 3.18. The zero-order valence-corrected chi connectivity index (χ0v) is 27.3. The average Bonchev–Trinajstić information content (AvgIpc) is 3.66. The molecule has 0 aliphatic carbocycles. The van der Waals surface area contributed by atoms with E-state index in [1.165, 1.54) is 16.4 Å². The molecule has 8 nitrogen and oxygen atoms in total. The second-order valence-electron chi connectivity index (χ2n) is 11.6. The van der Waals surface area contributed by atoms with Crippen LogP contribution in [0.25, 0.3) is 0 Å². The van der Waals surface area contributed by atoms with Crippen molar-refractivity contribution in [1.29, 1.82) is 0 Å². The highest BCUT2D eigenvalue weighted by atomic mass is 32.2. The number of carbonyl (C=O) groups excluding carboxylic acids is 2. The van der Waals surface area contributed by atoms with Crippen molar-refractivity contribution in [2.24, 2.45) is 0 Å². The molecule has 1 aliphatic heterocycles. The summed E-state index contributed by atoms with van der Waals surface area (Å²) in [5.74, 6) is -0.328. The van der Waals surface area contributed by atoms with E-state index in [4.69, 9.17) is 4.74 Å². The van der Waals surface area contributed by atoms with Crippen molar-refractivity contribution in [3.05, 3.63) is 131 Å². The molecule has 47 heavy (non-hydrogen) atoms. The van der Waals surface area contributed by atoms with Crippen LogP contribution in [0.15, 0.2) is 108 Å². The van der Waals surface area contributed by atoms with Crippen molar-refractivity contribution in [1.82, 2.24) is 14.5 Å². The lowest BCUT2D eigenvalue weighted by Gasteiger charge is -2.32. The van der Waals surface area contributed by atoms with E-state index < -0.39 is 21.9 Å². The van der Waals surface area contributed by atoms with Gasteiger partial charge in [0, 0.05) is 44.6 Å². The van der Waals surface area contributed by atoms with Crippen molar-refractivity contribution >= 4 is 21.8 Å². The van der Waals surface area contributed by atoms with Gasteiger partial charge in [-0.25, -0.2) is 12.8 Å². The SMILES string of the molecule is COc1ccccc1CNC(=O)[C@H](Cc1ccccc1)N(Cc1ccc(F)cc1)C(=O)CCc1ccc(S(=O)(=O)N2CCCC2)cc1. The second-order valence-corrected chi connectivity index (χ2v) is 13.6. The summed E-state index contributed by atoms with van der Waals surface area (Å²) in [4.78, 5) is 29.8. The van der Waals surface area contributed by atoms with Crippen LogP contribution in [0.2, 0.25) is 0 Å². The first-order valence-corrected chi connectivity index (χ1v) is 17.2. The van der Waals surface area contributed by atoms with Gasteiger partial charge in [0.05, 0.1) is 12.0 Å². The Balaban J connectivity index is 1.37. The normalized spacial score (nSPS) is 14.0. The molecule has 0 aromatic heterocycles. The molecular weight excluding hydrogens is 617 g/mol. The van der Waals surface area contributed by atoms with Crippen molar-refractivity contribution in [3.63, 3.8) is 0 Å². The first-order valence-electron chi connectivity index (χ1n) is 15.8. The number of benzene rings is 4. The summed E-state index contributed by atoms with van der Waals surface area (Å²) in [5, 5.41) is 3.01. The molecule has 0 bridgehead atoms. The molecule has 5 rings (SSSR count). The quantitative estimate of drug-likeness (QED) is 0.193. The molecule has 4 aromatic rings. The number of halogens is 1. The highest BCUT2D eigenvalue weighted by Gasteiger charge is 2.31. The number of ether oxygens (including phenoxy) is 1. The fourth-order valence-corrected chi connectivity index (χ4v) is 7.31. The van der Waals surface area contributed by atoms with Crippen molar-refractivity contribution in [3.8, 4) is 5.75 Å². The van der Waals surface area contributed by atoms with Crippen LogP contribution in [0.1, 0.15) is 41.5 Å². The van der Waals surface area contributed by atoms with E-state index >= 15 is 0 Å². The third-order valence-electron chi connectivity index (χ3n) is 8.44. The molecule has 0 unspecified atom stereocenters. The number of nitrogens with zero attached hydrogens (tertiary/aromatic N) is 2. The fraction of sp³-hybridized carbons (Fsp3) is 0.297. The fourth-order valence-electron chi connectivity index (χ4n) is 5.79. The molecule has 0 spiro atoms. The lowest BCUT2D eigenvalue weighted by Crippen LogP contribution is -2.50. The molecule has 1 N–H and O–H groups in total. The van der Waals surface area contributed by atoms with Crippen LogP contribution in [0.5, 0.6) is 5.75 Å². The molecule has 0 saturated carbocycles. The average molecular weight is 658 g/mol. The first kappa shape index (κ1) is 33.8. The molecule has 10 heteroatoms. The number of amides is 2. The number of sulfonamides is 1. The number of rotatable bonds is 14. The maximum absolute atomic E-state index is 14.0. The minimum atomic E-state index is -3.54. The summed E-state index contributed by atoms with van der Waals surface area (Å²) in [7, 11) is -1.97. The minimum absolute atomic E-state index is 0.0878. The van der Waals surface area contributed by atoms with Crippen LogP contribution in [0.4, 0.5) is 4.39 Å². The van der Waals surface area contributed by atoms with E-state index in [2.05, 4.69) is 5.32 Å². The van der Waals surface area contributed by atoms with Gasteiger partial charge >= 0.3 is 0 Å². The first-order chi connectivity index (χ1) is 22.7. The number of hydrogen-bond acceptors (Lipinski definition) is 5. The summed E-state index contributed by atoms with van der Waals surface area (Å²) < 4.78 is 46.7. The van der Waals surface area contributed by atoms with E-state index in [9.17, 15) is 22.4 Å². The Hall–Kier alpha value is -4.54. The van der Waals surface area contributed by atoms with Gasteiger partial charge in [0.2, 0.25) is 21.8 Å². The zero-order chi connectivity index (χ0) is 33.2. The van der Waals surface area contributed by atoms with Crippen molar-refractivity contribution < 1.29 is 27.1 Å². The summed E-state index contributed by atoms with van der Waals surface area (Å²) >= 11 is 0. The van der Waals surface area contributed by atoms with E-state index in [1.54, 1.807) is 48.4 Å². The lowest BCUT2D eigenvalue weighted by molar-refractivity contribution is -0.141. The molecule has 2 amide bonds. The number of carbonyl (C=O) groups is 2. The molecule has 1 atom stereocenters. The highest BCUT2D eigenvalue weighted by molar-refractivity contribution is 7.89. The Labute approximate surface area is 276 Å². The number of hydrogen-bond donors (Lipinski definition) is 1. The number of nitrogens with one attached hydrogen (secondary N) is 1. The number of aryl methyl sites for hydroxylation is 1. The van der Waals surface area contributed by atoms with Gasteiger partial charge in [-0.1, -0.05) is 72.8 Å².